The van der Waals surface area contributed by atoms with Gasteiger partial charge in [-0.25, -0.2) is 9.31 Å². The summed E-state index contributed by atoms with van der Waals surface area (Å²) in [6, 6.07) is 5.00. The lowest BCUT2D eigenvalue weighted by Crippen LogP contribution is -2.06. The second kappa shape index (κ2) is 3.56. The highest BCUT2D eigenvalue weighted by atomic mass is 35.5. The topological polar surface area (TPSA) is 60.4 Å². The first-order valence-electron chi connectivity index (χ1n) is 5.17. The lowest BCUT2D eigenvalue weighted by molar-refractivity contribution is 0.559. The van der Waals surface area contributed by atoms with Crippen molar-refractivity contribution in [1.29, 1.82) is 0 Å². The normalized spacial score (nSPS) is 11.4. The fraction of sp³-hybridized carbons (Fsp3) is 0.182. The second-order valence-corrected chi connectivity index (χ2v) is 4.09. The third-order valence-electron chi connectivity index (χ3n) is 2.62. The Hall–Kier alpha value is -1.88. The van der Waals surface area contributed by atoms with Crippen LogP contribution >= 0.6 is 11.6 Å². The summed E-state index contributed by atoms with van der Waals surface area (Å²) >= 11 is 5.92. The first kappa shape index (κ1) is 10.3. The summed E-state index contributed by atoms with van der Waals surface area (Å²) < 4.78 is 6.69. The minimum absolute atomic E-state index is 0.377. The van der Waals surface area contributed by atoms with Crippen LogP contribution in [0, 0.1) is 0 Å². The predicted octanol–water partition coefficient (Wildman–Crippen LogP) is 2.05. The van der Waals surface area contributed by atoms with Gasteiger partial charge in [-0.1, -0.05) is 23.7 Å². The van der Waals surface area contributed by atoms with Crippen LogP contribution in [-0.4, -0.2) is 14.8 Å². The Labute approximate surface area is 101 Å². The van der Waals surface area contributed by atoms with Gasteiger partial charge in [0, 0.05) is 5.02 Å². The molecule has 0 aliphatic carbocycles. The smallest absolute Gasteiger partial charge is 0.364 e. The van der Waals surface area contributed by atoms with Crippen LogP contribution in [0.1, 0.15) is 12.6 Å². The van der Waals surface area contributed by atoms with Gasteiger partial charge in [0.15, 0.2) is 11.1 Å². The van der Waals surface area contributed by atoms with Gasteiger partial charge in [0.25, 0.3) is 0 Å². The number of nitrogens with zero attached hydrogens (tertiary/aromatic N) is 3. The van der Waals surface area contributed by atoms with E-state index in [1.54, 1.807) is 18.2 Å². The number of hydrogen-bond donors (Lipinski definition) is 0. The second-order valence-electron chi connectivity index (χ2n) is 3.65. The molecule has 3 rings (SSSR count). The van der Waals surface area contributed by atoms with Gasteiger partial charge in [-0.05, 0) is 24.6 Å². The third-order valence-corrected chi connectivity index (χ3v) is 2.86. The van der Waals surface area contributed by atoms with Crippen molar-refractivity contribution in [3.63, 3.8) is 0 Å². The lowest BCUT2D eigenvalue weighted by atomic mass is 10.3. The van der Waals surface area contributed by atoms with Crippen LogP contribution in [0.4, 0.5) is 0 Å². The van der Waals surface area contributed by atoms with Crippen LogP contribution < -0.4 is 5.63 Å². The van der Waals surface area contributed by atoms with E-state index in [9.17, 15) is 4.79 Å². The molecule has 6 heteroatoms. The zero-order chi connectivity index (χ0) is 12.0. The summed E-state index contributed by atoms with van der Waals surface area (Å²) in [5.41, 5.74) is 1.66. The molecule has 0 atom stereocenters. The highest BCUT2D eigenvalue weighted by molar-refractivity contribution is 6.31. The fourth-order valence-corrected chi connectivity index (χ4v) is 1.98. The molecular formula is C11H8ClN3O2. The van der Waals surface area contributed by atoms with Crippen molar-refractivity contribution in [2.24, 2.45) is 0 Å². The molecule has 0 bridgehead atoms. The average Bonchev–Trinajstić information content (AvgIpc) is 2.75. The third kappa shape index (κ3) is 1.43. The largest absolute Gasteiger partial charge is 0.419 e. The van der Waals surface area contributed by atoms with E-state index in [4.69, 9.17) is 16.0 Å². The molecule has 0 radical (unpaired) electrons. The maximum absolute atomic E-state index is 11.8. The molecule has 0 N–H and O–H groups in total. The van der Waals surface area contributed by atoms with Crippen LogP contribution in [0.3, 0.4) is 0 Å². The number of benzene rings is 1. The van der Waals surface area contributed by atoms with E-state index in [0.717, 1.165) is 0 Å². The van der Waals surface area contributed by atoms with Crippen LogP contribution in [0.2, 0.25) is 5.02 Å². The Morgan fingerprint density at radius 2 is 2.29 bits per heavy atom. The minimum Gasteiger partial charge on any atom is -0.419 e. The molecule has 17 heavy (non-hydrogen) atoms. The highest BCUT2D eigenvalue weighted by Gasteiger charge is 2.13. The van der Waals surface area contributed by atoms with E-state index in [1.807, 2.05) is 6.92 Å². The predicted molar refractivity (Wildman–Crippen MR) is 63.4 cm³/mol. The van der Waals surface area contributed by atoms with Gasteiger partial charge in [0.05, 0.1) is 5.69 Å². The first-order valence-corrected chi connectivity index (χ1v) is 5.55. The van der Waals surface area contributed by atoms with Gasteiger partial charge < -0.3 is 4.42 Å². The molecule has 0 saturated heterocycles. The van der Waals surface area contributed by atoms with E-state index in [1.165, 1.54) is 4.52 Å². The van der Waals surface area contributed by atoms with E-state index in [2.05, 4.69) is 10.3 Å². The van der Waals surface area contributed by atoms with E-state index in [0.29, 0.717) is 33.8 Å². The molecule has 0 fully saturated rings. The van der Waals surface area contributed by atoms with Crippen molar-refractivity contribution < 1.29 is 4.42 Å². The molecule has 0 aliphatic heterocycles. The SMILES string of the molecule is CCc1nnn2c1c(=O)oc1ccc(Cl)cc12. The monoisotopic (exact) mass is 249 g/mol. The van der Waals surface area contributed by atoms with Gasteiger partial charge in [-0.2, -0.15) is 0 Å². The standard InChI is InChI=1S/C11H8ClN3O2/c1-2-7-10-11(16)17-9-4-3-6(12)5-8(9)15(10)14-13-7/h3-5H,2H2,1H3. The zero-order valence-electron chi connectivity index (χ0n) is 8.98. The Morgan fingerprint density at radius 1 is 1.47 bits per heavy atom. The number of aryl methyl sites for hydroxylation is 1. The van der Waals surface area contributed by atoms with Gasteiger partial charge in [0.1, 0.15) is 5.52 Å². The van der Waals surface area contributed by atoms with E-state index >= 15 is 0 Å². The number of aromatic nitrogens is 3. The summed E-state index contributed by atoms with van der Waals surface area (Å²) in [4.78, 5) is 11.8. The molecule has 5 nitrogen and oxygen atoms in total. The Morgan fingerprint density at radius 3 is 3.06 bits per heavy atom. The van der Waals surface area contributed by atoms with Crippen LogP contribution in [0.5, 0.6) is 0 Å². The molecule has 86 valence electrons. The lowest BCUT2D eigenvalue weighted by Gasteiger charge is -1.99. The van der Waals surface area contributed by atoms with Gasteiger partial charge in [-0.3, -0.25) is 0 Å². The number of fused-ring (bicyclic) bond motifs is 3. The van der Waals surface area contributed by atoms with Crippen molar-refractivity contribution in [3.8, 4) is 0 Å². The van der Waals surface area contributed by atoms with Crippen molar-refractivity contribution in [1.82, 2.24) is 14.8 Å². The zero-order valence-corrected chi connectivity index (χ0v) is 9.73. The van der Waals surface area contributed by atoms with Crippen LogP contribution in [0.25, 0.3) is 16.6 Å². The molecule has 0 unspecified atom stereocenters. The summed E-state index contributed by atoms with van der Waals surface area (Å²) in [6.07, 6.45) is 0.625. The summed E-state index contributed by atoms with van der Waals surface area (Å²) in [6.45, 7) is 1.91. The molecule has 3 aromatic rings. The Balaban J connectivity index is 2.59. The molecule has 0 aliphatic rings. The van der Waals surface area contributed by atoms with Crippen molar-refractivity contribution in [2.75, 3.05) is 0 Å². The fourth-order valence-electron chi connectivity index (χ4n) is 1.81. The molecule has 2 aromatic heterocycles. The van der Waals surface area contributed by atoms with E-state index in [-0.39, 0.29) is 0 Å². The summed E-state index contributed by atoms with van der Waals surface area (Å²) in [7, 11) is 0. The molecule has 1 aromatic carbocycles. The van der Waals surface area contributed by atoms with Crippen LogP contribution in [-0.2, 0) is 6.42 Å². The van der Waals surface area contributed by atoms with Crippen molar-refractivity contribution in [2.45, 2.75) is 13.3 Å². The molecule has 0 saturated carbocycles. The molecular weight excluding hydrogens is 242 g/mol. The first-order chi connectivity index (χ1) is 8.20. The van der Waals surface area contributed by atoms with Gasteiger partial charge in [0.2, 0.25) is 0 Å². The molecule has 0 amide bonds. The van der Waals surface area contributed by atoms with Crippen LogP contribution in [0.15, 0.2) is 27.4 Å². The Kier molecular flexibility index (Phi) is 2.16. The maximum atomic E-state index is 11.8. The number of hydrogen-bond acceptors (Lipinski definition) is 4. The van der Waals surface area contributed by atoms with Gasteiger partial charge >= 0.3 is 5.63 Å². The average molecular weight is 250 g/mol. The van der Waals surface area contributed by atoms with Crippen molar-refractivity contribution in [3.05, 3.63) is 39.3 Å². The van der Waals surface area contributed by atoms with E-state index < -0.39 is 5.63 Å². The quantitative estimate of drug-likeness (QED) is 0.662. The number of rotatable bonds is 1. The summed E-state index contributed by atoms with van der Waals surface area (Å²) in [5, 5.41) is 8.49. The Bertz CT molecular complexity index is 775. The molecule has 0 spiro atoms. The molecule has 2 heterocycles. The van der Waals surface area contributed by atoms with Crippen molar-refractivity contribution >= 4 is 28.2 Å². The maximum Gasteiger partial charge on any atom is 0.364 e. The summed E-state index contributed by atoms with van der Waals surface area (Å²) in [5.74, 6) is 0. The highest BCUT2D eigenvalue weighted by Crippen LogP contribution is 2.19. The van der Waals surface area contributed by atoms with Gasteiger partial charge in [-0.15, -0.1) is 5.10 Å². The number of halogens is 1. The minimum atomic E-state index is -0.429.